The van der Waals surface area contributed by atoms with Crippen LogP contribution in [0, 0.1) is 0 Å². The fraction of sp³-hybridized carbons (Fsp3) is 0.207. The van der Waals surface area contributed by atoms with Crippen molar-refractivity contribution in [2.75, 3.05) is 11.5 Å². The molecule has 8 nitrogen and oxygen atoms in total. The summed E-state index contributed by atoms with van der Waals surface area (Å²) >= 11 is 0. The molecule has 3 aromatic carbocycles. The van der Waals surface area contributed by atoms with Crippen LogP contribution in [0.15, 0.2) is 72.3 Å². The van der Waals surface area contributed by atoms with Gasteiger partial charge in [-0.3, -0.25) is 4.79 Å². The Morgan fingerprint density at radius 3 is 1.82 bits per heavy atom. The molecule has 0 heterocycles. The third-order valence-electron chi connectivity index (χ3n) is 5.92. The molecule has 0 aromatic heterocycles. The second-order valence-electron chi connectivity index (χ2n) is 9.39. The quantitative estimate of drug-likeness (QED) is 0.0739. The number of anilines is 2. The van der Waals surface area contributed by atoms with Crippen molar-refractivity contribution >= 4 is 35.4 Å². The van der Waals surface area contributed by atoms with Crippen LogP contribution < -0.4 is 20.9 Å². The number of rotatable bonds is 11. The minimum absolute atomic E-state index is 0.0348. The average Bonchev–Trinajstić information content (AvgIpc) is 2.91. The fourth-order valence-electron chi connectivity index (χ4n) is 3.72. The van der Waals surface area contributed by atoms with Crippen LogP contribution >= 0.6 is 0 Å². The van der Waals surface area contributed by atoms with E-state index in [9.17, 15) is 50.2 Å². The van der Waals surface area contributed by atoms with Gasteiger partial charge in [-0.1, -0.05) is 12.1 Å². The number of hydrogen-bond donors (Lipinski definition) is 3. The molecule has 44 heavy (non-hydrogen) atoms. The topological polar surface area (TPSA) is 142 Å². The summed E-state index contributed by atoms with van der Waals surface area (Å²) in [6.07, 6.45) is -8.63. The summed E-state index contributed by atoms with van der Waals surface area (Å²) in [5, 5.41) is 9.59. The van der Waals surface area contributed by atoms with Gasteiger partial charge in [0.05, 0.1) is 12.0 Å². The van der Waals surface area contributed by atoms with E-state index in [0.29, 0.717) is 22.5 Å². The molecule has 0 aliphatic carbocycles. The van der Waals surface area contributed by atoms with Crippen molar-refractivity contribution < 1.29 is 59.7 Å². The van der Waals surface area contributed by atoms with Crippen molar-refractivity contribution in [3.63, 3.8) is 0 Å². The highest BCUT2D eigenvalue weighted by atomic mass is 19.4. The van der Waals surface area contributed by atoms with E-state index in [1.54, 1.807) is 12.1 Å². The lowest BCUT2D eigenvalue weighted by molar-refractivity contribution is -0.355. The number of benzene rings is 3. The number of carbonyl (C=O) groups excluding carboxylic acids is 2. The van der Waals surface area contributed by atoms with Gasteiger partial charge in [-0.25, -0.2) is 9.59 Å². The van der Waals surface area contributed by atoms with Crippen LogP contribution in [0.1, 0.15) is 34.3 Å². The molecule has 0 amide bonds. The first-order valence-electron chi connectivity index (χ1n) is 12.4. The highest BCUT2D eigenvalue weighted by Gasteiger charge is 2.72. The van der Waals surface area contributed by atoms with Gasteiger partial charge in [0.25, 0.3) is 0 Å². The van der Waals surface area contributed by atoms with Crippen molar-refractivity contribution in [1.82, 2.24) is 0 Å². The van der Waals surface area contributed by atoms with Gasteiger partial charge < -0.3 is 26.0 Å². The van der Waals surface area contributed by atoms with Crippen LogP contribution in [0.5, 0.6) is 11.5 Å². The van der Waals surface area contributed by atoms with E-state index < -0.39 is 48.8 Å². The molecule has 5 N–H and O–H groups in total. The summed E-state index contributed by atoms with van der Waals surface area (Å²) in [5.41, 5.74) is 13.3. The summed E-state index contributed by atoms with van der Waals surface area (Å²) in [7, 11) is 0. The van der Waals surface area contributed by atoms with Crippen LogP contribution in [0.4, 0.5) is 42.1 Å². The van der Waals surface area contributed by atoms with Crippen molar-refractivity contribution in [3.05, 3.63) is 89.0 Å². The second kappa shape index (κ2) is 13.1. The zero-order valence-corrected chi connectivity index (χ0v) is 22.3. The molecular formula is C29H23F7N2O6. The minimum atomic E-state index is -6.51. The van der Waals surface area contributed by atoms with E-state index in [0.717, 1.165) is 24.3 Å². The predicted molar refractivity (Wildman–Crippen MR) is 143 cm³/mol. The van der Waals surface area contributed by atoms with Gasteiger partial charge in [0.15, 0.2) is 0 Å². The van der Waals surface area contributed by atoms with Gasteiger partial charge in [-0.2, -0.15) is 30.7 Å². The molecular weight excluding hydrogens is 605 g/mol. The summed E-state index contributed by atoms with van der Waals surface area (Å²) in [4.78, 5) is 35.9. The van der Waals surface area contributed by atoms with Crippen LogP contribution in [-0.2, 0) is 16.0 Å². The third-order valence-corrected chi connectivity index (χ3v) is 5.92. The number of alkyl halides is 7. The number of carbonyl (C=O) groups is 3. The number of nitrogen functional groups attached to an aromatic ring is 2. The largest absolute Gasteiger partial charge is 0.478 e. The number of carboxylic acids is 1. The molecule has 0 unspecified atom stereocenters. The Balaban J connectivity index is 1.58. The predicted octanol–water partition coefficient (Wildman–Crippen LogP) is 6.30. The minimum Gasteiger partial charge on any atom is -0.478 e. The van der Waals surface area contributed by atoms with Crippen molar-refractivity contribution in [1.29, 1.82) is 0 Å². The molecule has 3 rings (SSSR count). The van der Waals surface area contributed by atoms with Crippen LogP contribution in [0.2, 0.25) is 0 Å². The Labute approximate surface area is 244 Å². The maximum Gasteiger partial charge on any atom is 0.459 e. The maximum atomic E-state index is 13.4. The zero-order valence-electron chi connectivity index (χ0n) is 22.3. The molecule has 0 atom stereocenters. The van der Waals surface area contributed by atoms with E-state index in [1.807, 2.05) is 0 Å². The van der Waals surface area contributed by atoms with Gasteiger partial charge in [0.2, 0.25) is 0 Å². The Hall–Kier alpha value is -5.08. The molecule has 15 heteroatoms. The summed E-state index contributed by atoms with van der Waals surface area (Å²) in [6, 6.07) is 14.9. The molecule has 234 valence electrons. The lowest BCUT2D eigenvalue weighted by Crippen LogP contribution is -2.52. The lowest BCUT2D eigenvalue weighted by Gasteiger charge is -2.27. The standard InChI is InChI=1S/C29H23F7N2O6/c30-27(31,28(32,33)29(34,35)36)10-9-24(39)43-22-7-3-18(4-8-22)26(42)44-23-5-1-16(2-6-23)11-19(25(40)41)12-17-13-20(37)15-21(38)14-17/h1-8,11,13-15H,9-10,12,37-38H2,(H,40,41)/b19-11+. The third kappa shape index (κ3) is 8.49. The normalized spacial score (nSPS) is 12.5. The number of halogens is 7. The van der Waals surface area contributed by atoms with Gasteiger partial charge >= 0.3 is 35.9 Å². The van der Waals surface area contributed by atoms with E-state index in [1.165, 1.54) is 36.4 Å². The van der Waals surface area contributed by atoms with Gasteiger partial charge in [0, 0.05) is 29.8 Å². The number of ether oxygens (including phenoxy) is 2. The van der Waals surface area contributed by atoms with Gasteiger partial charge in [0.1, 0.15) is 11.5 Å². The van der Waals surface area contributed by atoms with Gasteiger partial charge in [-0.05, 0) is 71.8 Å². The monoisotopic (exact) mass is 628 g/mol. The molecule has 0 bridgehead atoms. The van der Waals surface area contributed by atoms with Gasteiger partial charge in [-0.15, -0.1) is 0 Å². The maximum absolute atomic E-state index is 13.4. The summed E-state index contributed by atoms with van der Waals surface area (Å²) in [5.74, 6) is -15.6. The molecule has 0 radical (unpaired) electrons. The highest BCUT2D eigenvalue weighted by Crippen LogP contribution is 2.48. The highest BCUT2D eigenvalue weighted by molar-refractivity contribution is 5.93. The zero-order chi connectivity index (χ0) is 32.9. The Morgan fingerprint density at radius 2 is 1.30 bits per heavy atom. The first kappa shape index (κ1) is 33.4. The molecule has 0 saturated carbocycles. The van der Waals surface area contributed by atoms with E-state index in [4.69, 9.17) is 16.2 Å². The molecule has 0 fully saturated rings. The first-order valence-corrected chi connectivity index (χ1v) is 12.4. The average molecular weight is 628 g/mol. The number of aliphatic carboxylic acids is 1. The Morgan fingerprint density at radius 1 is 0.773 bits per heavy atom. The molecule has 0 aliphatic rings. The van der Waals surface area contributed by atoms with Crippen LogP contribution in [0.3, 0.4) is 0 Å². The van der Waals surface area contributed by atoms with E-state index >= 15 is 0 Å². The summed E-state index contributed by atoms with van der Waals surface area (Å²) < 4.78 is 99.2. The smallest absolute Gasteiger partial charge is 0.459 e. The second-order valence-corrected chi connectivity index (χ2v) is 9.39. The molecule has 0 aliphatic heterocycles. The number of carboxylic acid groups (broad SMARTS) is 1. The van der Waals surface area contributed by atoms with Crippen LogP contribution in [-0.4, -0.2) is 41.0 Å². The van der Waals surface area contributed by atoms with E-state index in [2.05, 4.69) is 4.74 Å². The number of nitrogens with two attached hydrogens (primary N) is 2. The van der Waals surface area contributed by atoms with Crippen molar-refractivity contribution in [2.24, 2.45) is 0 Å². The Kier molecular flexibility index (Phi) is 9.92. The Bertz CT molecular complexity index is 1530. The lowest BCUT2D eigenvalue weighted by atomic mass is 10.0. The number of esters is 2. The molecule has 0 saturated heterocycles. The summed E-state index contributed by atoms with van der Waals surface area (Å²) in [6.45, 7) is 0. The fourth-order valence-corrected chi connectivity index (χ4v) is 3.72. The van der Waals surface area contributed by atoms with Crippen molar-refractivity contribution in [2.45, 2.75) is 37.3 Å². The first-order chi connectivity index (χ1) is 20.4. The SMILES string of the molecule is Nc1cc(N)cc(C/C(=C\c2ccc(OC(=O)c3ccc(OC(=O)CCC(F)(F)C(F)(F)C(F)(F)F)cc3)cc2)C(=O)O)c1. The molecule has 3 aromatic rings. The van der Waals surface area contributed by atoms with E-state index in [-0.39, 0.29) is 29.1 Å². The number of hydrogen-bond acceptors (Lipinski definition) is 7. The van der Waals surface area contributed by atoms with Crippen LogP contribution in [0.25, 0.3) is 6.08 Å². The van der Waals surface area contributed by atoms with Crippen molar-refractivity contribution in [3.8, 4) is 11.5 Å². The molecule has 0 spiro atoms.